The summed E-state index contributed by atoms with van der Waals surface area (Å²) < 4.78 is 0. The molecule has 5 rings (SSSR count). The summed E-state index contributed by atoms with van der Waals surface area (Å²) in [6.45, 7) is 2.16. The molecule has 1 aliphatic carbocycles. The molecule has 0 spiro atoms. The molecule has 4 heteroatoms. The van der Waals surface area contributed by atoms with E-state index in [0.717, 1.165) is 41.1 Å². The van der Waals surface area contributed by atoms with Crippen LogP contribution in [0.5, 0.6) is 0 Å². The van der Waals surface area contributed by atoms with Crippen LogP contribution in [0.4, 0.5) is 11.4 Å². The van der Waals surface area contributed by atoms with Crippen LogP contribution in [0.25, 0.3) is 0 Å². The molecule has 3 nitrogen and oxygen atoms in total. The summed E-state index contributed by atoms with van der Waals surface area (Å²) in [5, 5.41) is 9.36. The minimum atomic E-state index is -0.135. The van der Waals surface area contributed by atoms with Gasteiger partial charge in [0, 0.05) is 28.5 Å². The van der Waals surface area contributed by atoms with E-state index in [2.05, 4.69) is 71.5 Å². The molecule has 0 bridgehead atoms. The summed E-state index contributed by atoms with van der Waals surface area (Å²) in [6, 6.07) is 21.0. The number of Topliss-reactive ketones (excluding diaryl/α,β-unsaturated/α-hetero) is 1. The van der Waals surface area contributed by atoms with Crippen molar-refractivity contribution < 1.29 is 4.79 Å². The van der Waals surface area contributed by atoms with Crippen molar-refractivity contribution in [2.75, 3.05) is 10.6 Å². The lowest BCUT2D eigenvalue weighted by molar-refractivity contribution is -0.116. The van der Waals surface area contributed by atoms with E-state index in [1.165, 1.54) is 10.4 Å². The molecule has 1 aliphatic heterocycles. The normalized spacial score (nSPS) is 20.9. The summed E-state index contributed by atoms with van der Waals surface area (Å²) in [6.07, 6.45) is 2.45. The van der Waals surface area contributed by atoms with Crippen LogP contribution in [-0.2, 0) is 11.2 Å². The number of anilines is 2. The zero-order valence-corrected chi connectivity index (χ0v) is 17.3. The smallest absolute Gasteiger partial charge is 0.163 e. The number of carbonyl (C=O) groups is 1. The van der Waals surface area contributed by atoms with Gasteiger partial charge in [-0.2, -0.15) is 0 Å². The standard InChI is InChI=1S/C25H24N2OS/c1-2-16-9-11-17(12-10-16)25-24-21(26-19-6-3-4-7-20(19)27-25)14-18(15-22(24)28)23-8-5-13-29-23/h3-13,18,25-27H,2,14-15H2,1H3. The second-order valence-electron chi connectivity index (χ2n) is 7.78. The van der Waals surface area contributed by atoms with Gasteiger partial charge in [0.1, 0.15) is 0 Å². The average molecular weight is 401 g/mol. The van der Waals surface area contributed by atoms with Gasteiger partial charge < -0.3 is 10.6 Å². The average Bonchev–Trinajstić information content (AvgIpc) is 3.23. The maximum atomic E-state index is 13.4. The Balaban J connectivity index is 1.60. The number of benzene rings is 2. The molecule has 2 aromatic carbocycles. The molecule has 2 atom stereocenters. The fourth-order valence-corrected chi connectivity index (χ4v) is 5.24. The molecule has 0 fully saturated rings. The van der Waals surface area contributed by atoms with Gasteiger partial charge in [0.2, 0.25) is 0 Å². The van der Waals surface area contributed by atoms with Gasteiger partial charge in [-0.25, -0.2) is 0 Å². The third kappa shape index (κ3) is 3.38. The molecular formula is C25H24N2OS. The van der Waals surface area contributed by atoms with Crippen molar-refractivity contribution in [3.8, 4) is 0 Å². The van der Waals surface area contributed by atoms with Crippen molar-refractivity contribution in [1.82, 2.24) is 0 Å². The van der Waals surface area contributed by atoms with Gasteiger partial charge in [-0.15, -0.1) is 11.3 Å². The second kappa shape index (κ2) is 7.53. The lowest BCUT2D eigenvalue weighted by Gasteiger charge is -2.29. The highest BCUT2D eigenvalue weighted by atomic mass is 32.1. The van der Waals surface area contributed by atoms with E-state index >= 15 is 0 Å². The molecule has 2 heterocycles. The van der Waals surface area contributed by atoms with Crippen LogP contribution in [0.3, 0.4) is 0 Å². The van der Waals surface area contributed by atoms with Crippen molar-refractivity contribution in [2.24, 2.45) is 0 Å². The van der Waals surface area contributed by atoms with E-state index in [0.29, 0.717) is 6.42 Å². The van der Waals surface area contributed by atoms with Crippen molar-refractivity contribution in [3.05, 3.63) is 93.3 Å². The van der Waals surface area contributed by atoms with E-state index in [4.69, 9.17) is 0 Å². The molecule has 2 unspecified atom stereocenters. The summed E-state index contributed by atoms with van der Waals surface area (Å²) in [5.41, 5.74) is 6.46. The van der Waals surface area contributed by atoms with Gasteiger partial charge in [0.15, 0.2) is 5.78 Å². The van der Waals surface area contributed by atoms with Crippen LogP contribution in [0.2, 0.25) is 0 Å². The predicted octanol–water partition coefficient (Wildman–Crippen LogP) is 6.29. The number of allylic oxidation sites excluding steroid dienone is 1. The van der Waals surface area contributed by atoms with Crippen molar-refractivity contribution in [1.29, 1.82) is 0 Å². The first kappa shape index (κ1) is 18.2. The minimum absolute atomic E-state index is 0.135. The molecule has 3 aromatic rings. The number of aryl methyl sites for hydroxylation is 1. The molecule has 0 saturated carbocycles. The van der Waals surface area contributed by atoms with Gasteiger partial charge in [0.25, 0.3) is 0 Å². The van der Waals surface area contributed by atoms with Gasteiger partial charge in [-0.1, -0.05) is 49.4 Å². The maximum absolute atomic E-state index is 13.4. The lowest BCUT2D eigenvalue weighted by Crippen LogP contribution is -2.26. The van der Waals surface area contributed by atoms with E-state index in [-0.39, 0.29) is 17.7 Å². The zero-order valence-electron chi connectivity index (χ0n) is 16.4. The molecule has 1 aromatic heterocycles. The Bertz CT molecular complexity index is 1070. The van der Waals surface area contributed by atoms with Crippen molar-refractivity contribution >= 4 is 28.5 Å². The predicted molar refractivity (Wildman–Crippen MR) is 121 cm³/mol. The van der Waals surface area contributed by atoms with Crippen LogP contribution >= 0.6 is 11.3 Å². The fourth-order valence-electron chi connectivity index (χ4n) is 4.41. The maximum Gasteiger partial charge on any atom is 0.163 e. The number of para-hydroxylation sites is 2. The Kier molecular flexibility index (Phi) is 4.72. The summed E-state index contributed by atoms with van der Waals surface area (Å²) in [4.78, 5) is 14.7. The van der Waals surface area contributed by atoms with Crippen LogP contribution in [0.1, 0.15) is 47.7 Å². The number of nitrogens with one attached hydrogen (secondary N) is 2. The van der Waals surface area contributed by atoms with Crippen LogP contribution in [-0.4, -0.2) is 5.78 Å². The summed E-state index contributed by atoms with van der Waals surface area (Å²) in [7, 11) is 0. The molecule has 0 saturated heterocycles. The monoisotopic (exact) mass is 400 g/mol. The molecule has 29 heavy (non-hydrogen) atoms. The summed E-state index contributed by atoms with van der Waals surface area (Å²) >= 11 is 1.74. The van der Waals surface area contributed by atoms with E-state index in [1.807, 2.05) is 12.1 Å². The first-order chi connectivity index (χ1) is 14.2. The fraction of sp³-hybridized carbons (Fsp3) is 0.240. The third-order valence-electron chi connectivity index (χ3n) is 5.98. The van der Waals surface area contributed by atoms with E-state index < -0.39 is 0 Å². The number of carbonyl (C=O) groups excluding carboxylic acids is 1. The van der Waals surface area contributed by atoms with Crippen LogP contribution < -0.4 is 10.6 Å². The highest BCUT2D eigenvalue weighted by molar-refractivity contribution is 7.10. The Morgan fingerprint density at radius 3 is 2.48 bits per heavy atom. The molecule has 0 radical (unpaired) electrons. The first-order valence-electron chi connectivity index (χ1n) is 10.2. The second-order valence-corrected chi connectivity index (χ2v) is 8.76. The molecule has 146 valence electrons. The third-order valence-corrected chi connectivity index (χ3v) is 7.01. The largest absolute Gasteiger partial charge is 0.372 e. The Hall–Kier alpha value is -2.85. The molecule has 2 N–H and O–H groups in total. The molecular weight excluding hydrogens is 376 g/mol. The molecule has 2 aliphatic rings. The number of fused-ring (bicyclic) bond motifs is 1. The van der Waals surface area contributed by atoms with Gasteiger partial charge in [0.05, 0.1) is 17.4 Å². The minimum Gasteiger partial charge on any atom is -0.372 e. The number of hydrogen-bond donors (Lipinski definition) is 2. The molecule has 0 amide bonds. The number of hydrogen-bond acceptors (Lipinski definition) is 4. The summed E-state index contributed by atoms with van der Waals surface area (Å²) in [5.74, 6) is 0.490. The number of thiophene rings is 1. The quantitative estimate of drug-likeness (QED) is 0.543. The van der Waals surface area contributed by atoms with Gasteiger partial charge in [-0.05, 0) is 47.5 Å². The first-order valence-corrected chi connectivity index (χ1v) is 11.1. The van der Waals surface area contributed by atoms with Gasteiger partial charge in [-0.3, -0.25) is 4.79 Å². The number of rotatable bonds is 3. The van der Waals surface area contributed by atoms with Gasteiger partial charge >= 0.3 is 0 Å². The number of ketones is 1. The lowest BCUT2D eigenvalue weighted by atomic mass is 9.80. The van der Waals surface area contributed by atoms with Crippen molar-refractivity contribution in [2.45, 2.75) is 38.1 Å². The Morgan fingerprint density at radius 2 is 1.76 bits per heavy atom. The SMILES string of the molecule is CCc1ccc(C2Nc3ccccc3NC3=C2C(=O)CC(c2cccs2)C3)cc1. The highest BCUT2D eigenvalue weighted by Gasteiger charge is 2.36. The van der Waals surface area contributed by atoms with E-state index in [1.54, 1.807) is 11.3 Å². The van der Waals surface area contributed by atoms with Crippen LogP contribution in [0.15, 0.2) is 77.3 Å². The van der Waals surface area contributed by atoms with Crippen LogP contribution in [0, 0.1) is 0 Å². The Morgan fingerprint density at radius 1 is 0.966 bits per heavy atom. The zero-order chi connectivity index (χ0) is 19.8. The van der Waals surface area contributed by atoms with Crippen molar-refractivity contribution in [3.63, 3.8) is 0 Å². The van der Waals surface area contributed by atoms with E-state index in [9.17, 15) is 4.79 Å². The Labute approximate surface area is 175 Å². The topological polar surface area (TPSA) is 41.1 Å². The highest BCUT2D eigenvalue weighted by Crippen LogP contribution is 2.44.